The summed E-state index contributed by atoms with van der Waals surface area (Å²) in [6.07, 6.45) is 2.31. The van der Waals surface area contributed by atoms with Crippen LogP contribution < -0.4 is 15.6 Å². The van der Waals surface area contributed by atoms with Crippen molar-refractivity contribution in [3.63, 3.8) is 0 Å². The number of hydrogen-bond acceptors (Lipinski definition) is 6. The number of ether oxygens (including phenoxy) is 2. The zero-order valence-corrected chi connectivity index (χ0v) is 23.0. The lowest BCUT2D eigenvalue weighted by molar-refractivity contribution is -0.129. The molecule has 1 aliphatic rings. The molecule has 0 saturated heterocycles. The molecule has 204 valence electrons. The Bertz CT molecular complexity index is 1300. The number of carbonyl (C=O) groups is 1. The molecule has 1 aliphatic heterocycles. The largest absolute Gasteiger partial charge is 0.494 e. The van der Waals surface area contributed by atoms with E-state index in [4.69, 9.17) is 19.6 Å². The molecule has 39 heavy (non-hydrogen) atoms. The lowest BCUT2D eigenvalue weighted by Gasteiger charge is -2.30. The number of aliphatic hydroxyl groups excluding tert-OH is 1. The summed E-state index contributed by atoms with van der Waals surface area (Å²) in [6.45, 7) is 4.80. The maximum atomic E-state index is 13.8. The SMILES string of the molecule is C=CC[C@]1(C(=O)NNCCc2ccc(F)cc2)N=C(c2ccc(OCCCO)cc2)O[C@H]1c1ccccc1Br. The molecule has 9 heteroatoms. The van der Waals surface area contributed by atoms with Crippen molar-refractivity contribution < 1.29 is 23.8 Å². The maximum Gasteiger partial charge on any atom is 0.266 e. The van der Waals surface area contributed by atoms with Crippen LogP contribution in [0.2, 0.25) is 0 Å². The Hall–Kier alpha value is -3.53. The number of nitrogens with zero attached hydrogens (tertiary/aromatic N) is 1. The molecule has 0 bridgehead atoms. The van der Waals surface area contributed by atoms with Gasteiger partial charge in [0.25, 0.3) is 5.91 Å². The standard InChI is InChI=1S/C30H31BrFN3O4/c1-2-17-30(29(37)35-33-18-16-21-8-12-23(32)13-9-21)27(25-6-3-4-7-26(25)31)39-28(34-30)22-10-14-24(15-11-22)38-20-5-19-36/h2-4,6-15,27,33,36H,1,5,16-20H2,(H,35,37)/t27-,30-/m0/s1. The molecule has 0 fully saturated rings. The van der Waals surface area contributed by atoms with Gasteiger partial charge in [-0.05, 0) is 54.4 Å². The normalized spacial score (nSPS) is 18.2. The molecule has 3 N–H and O–H groups in total. The van der Waals surface area contributed by atoms with Gasteiger partial charge in [-0.1, -0.05) is 52.3 Å². The first kappa shape index (κ1) is 28.5. The van der Waals surface area contributed by atoms with Crippen molar-refractivity contribution in [2.24, 2.45) is 4.99 Å². The minimum atomic E-state index is -1.32. The second kappa shape index (κ2) is 13.5. The number of halogens is 2. The van der Waals surface area contributed by atoms with Crippen molar-refractivity contribution in [2.75, 3.05) is 19.8 Å². The fraction of sp³-hybridized carbons (Fsp3) is 0.267. The minimum Gasteiger partial charge on any atom is -0.494 e. The average Bonchev–Trinajstić information content (AvgIpc) is 3.33. The van der Waals surface area contributed by atoms with Gasteiger partial charge in [0.05, 0.1) is 6.61 Å². The number of nitrogens with one attached hydrogen (secondary N) is 2. The van der Waals surface area contributed by atoms with Gasteiger partial charge in [-0.15, -0.1) is 6.58 Å². The predicted molar refractivity (Wildman–Crippen MR) is 152 cm³/mol. The molecular formula is C30H31BrFN3O4. The van der Waals surface area contributed by atoms with Gasteiger partial charge in [0.1, 0.15) is 11.6 Å². The lowest BCUT2D eigenvalue weighted by atomic mass is 9.84. The summed E-state index contributed by atoms with van der Waals surface area (Å²) in [5.74, 6) is 0.346. The van der Waals surface area contributed by atoms with Crippen molar-refractivity contribution in [3.05, 3.63) is 112 Å². The van der Waals surface area contributed by atoms with Gasteiger partial charge in [-0.3, -0.25) is 10.2 Å². The minimum absolute atomic E-state index is 0.0632. The molecule has 0 radical (unpaired) electrons. The average molecular weight is 596 g/mol. The monoisotopic (exact) mass is 595 g/mol. The molecule has 0 aliphatic carbocycles. The predicted octanol–water partition coefficient (Wildman–Crippen LogP) is 5.05. The highest BCUT2D eigenvalue weighted by atomic mass is 79.9. The van der Waals surface area contributed by atoms with E-state index in [0.717, 1.165) is 15.6 Å². The van der Waals surface area contributed by atoms with Crippen LogP contribution in [0, 0.1) is 5.82 Å². The van der Waals surface area contributed by atoms with E-state index in [9.17, 15) is 9.18 Å². The van der Waals surface area contributed by atoms with Crippen LogP contribution in [0.3, 0.4) is 0 Å². The van der Waals surface area contributed by atoms with Crippen LogP contribution in [0.5, 0.6) is 5.75 Å². The smallest absolute Gasteiger partial charge is 0.266 e. The van der Waals surface area contributed by atoms with E-state index < -0.39 is 11.6 Å². The summed E-state index contributed by atoms with van der Waals surface area (Å²) < 4.78 is 26.0. The molecule has 0 aromatic heterocycles. The molecule has 1 amide bonds. The van der Waals surface area contributed by atoms with Crippen LogP contribution in [0.1, 0.15) is 35.6 Å². The summed E-state index contributed by atoms with van der Waals surface area (Å²) >= 11 is 3.60. The molecule has 1 heterocycles. The zero-order valence-electron chi connectivity index (χ0n) is 21.4. The van der Waals surface area contributed by atoms with Crippen molar-refractivity contribution in [1.82, 2.24) is 10.9 Å². The Balaban J connectivity index is 1.57. The van der Waals surface area contributed by atoms with Crippen molar-refractivity contribution in [3.8, 4) is 5.75 Å². The molecule has 2 atom stereocenters. The van der Waals surface area contributed by atoms with E-state index in [1.165, 1.54) is 12.1 Å². The third-order valence-electron chi connectivity index (χ3n) is 6.33. The number of carbonyl (C=O) groups excluding carboxylic acids is 1. The Morgan fingerprint density at radius 1 is 1.15 bits per heavy atom. The van der Waals surface area contributed by atoms with Crippen molar-refractivity contribution in [2.45, 2.75) is 30.9 Å². The summed E-state index contributed by atoms with van der Waals surface area (Å²) in [6, 6.07) is 21.1. The van der Waals surface area contributed by atoms with E-state index >= 15 is 0 Å². The molecule has 7 nitrogen and oxygen atoms in total. The van der Waals surface area contributed by atoms with Gasteiger partial charge in [0.2, 0.25) is 5.90 Å². The van der Waals surface area contributed by atoms with E-state index in [1.54, 1.807) is 30.3 Å². The number of aliphatic hydroxyl groups is 1. The second-order valence-corrected chi connectivity index (χ2v) is 9.92. The van der Waals surface area contributed by atoms with Gasteiger partial charge < -0.3 is 14.6 Å². The third-order valence-corrected chi connectivity index (χ3v) is 7.05. The molecule has 0 unspecified atom stereocenters. The van der Waals surface area contributed by atoms with Gasteiger partial charge in [0, 0.05) is 41.6 Å². The van der Waals surface area contributed by atoms with Crippen LogP contribution in [0.4, 0.5) is 4.39 Å². The van der Waals surface area contributed by atoms with Crippen LogP contribution in [0.15, 0.2) is 94.9 Å². The van der Waals surface area contributed by atoms with Gasteiger partial charge in [0.15, 0.2) is 11.6 Å². The number of benzene rings is 3. The molecule has 3 aromatic carbocycles. The molecule has 0 spiro atoms. The molecule has 3 aromatic rings. The topological polar surface area (TPSA) is 92.2 Å². The highest BCUT2D eigenvalue weighted by Crippen LogP contribution is 2.44. The zero-order chi connectivity index (χ0) is 27.7. The summed E-state index contributed by atoms with van der Waals surface area (Å²) in [5, 5.41) is 8.97. The van der Waals surface area contributed by atoms with Crippen molar-refractivity contribution in [1.29, 1.82) is 0 Å². The summed E-state index contributed by atoms with van der Waals surface area (Å²) in [5.41, 5.74) is 6.89. The van der Waals surface area contributed by atoms with Crippen LogP contribution in [-0.2, 0) is 16.0 Å². The first-order chi connectivity index (χ1) is 19.0. The van der Waals surface area contributed by atoms with Crippen LogP contribution >= 0.6 is 15.9 Å². The number of aliphatic imine (C=N–C) groups is 1. The highest BCUT2D eigenvalue weighted by Gasteiger charge is 2.53. The summed E-state index contributed by atoms with van der Waals surface area (Å²) in [4.78, 5) is 18.6. The quantitative estimate of drug-likeness (QED) is 0.146. The van der Waals surface area contributed by atoms with Crippen molar-refractivity contribution >= 4 is 27.7 Å². The van der Waals surface area contributed by atoms with E-state index in [1.807, 2.05) is 36.4 Å². The van der Waals surface area contributed by atoms with E-state index in [2.05, 4.69) is 33.4 Å². The van der Waals surface area contributed by atoms with Gasteiger partial charge in [-0.2, -0.15) is 0 Å². The second-order valence-electron chi connectivity index (χ2n) is 9.06. The third kappa shape index (κ3) is 6.92. The summed E-state index contributed by atoms with van der Waals surface area (Å²) in [7, 11) is 0. The number of hydrogen-bond donors (Lipinski definition) is 3. The fourth-order valence-electron chi connectivity index (χ4n) is 4.31. The molecular weight excluding hydrogens is 565 g/mol. The lowest BCUT2D eigenvalue weighted by Crippen LogP contribution is -2.52. The van der Waals surface area contributed by atoms with Gasteiger partial charge in [-0.25, -0.2) is 14.8 Å². The Morgan fingerprint density at radius 2 is 1.90 bits per heavy atom. The Labute approximate surface area is 235 Å². The van der Waals surface area contributed by atoms with Gasteiger partial charge >= 0.3 is 0 Å². The first-order valence-electron chi connectivity index (χ1n) is 12.7. The van der Waals surface area contributed by atoms with E-state index in [0.29, 0.717) is 43.2 Å². The maximum absolute atomic E-state index is 13.8. The number of amides is 1. The fourth-order valence-corrected chi connectivity index (χ4v) is 4.80. The Kier molecular flexibility index (Phi) is 9.86. The van der Waals surface area contributed by atoms with E-state index in [-0.39, 0.29) is 24.8 Å². The van der Waals surface area contributed by atoms with Crippen LogP contribution in [-0.4, -0.2) is 42.2 Å². The Morgan fingerprint density at radius 3 is 2.59 bits per heavy atom. The molecule has 4 rings (SSSR count). The van der Waals surface area contributed by atoms with Crippen LogP contribution in [0.25, 0.3) is 0 Å². The molecule has 0 saturated carbocycles. The number of hydrazine groups is 1. The first-order valence-corrected chi connectivity index (χ1v) is 13.5. The number of rotatable bonds is 13. The highest BCUT2D eigenvalue weighted by molar-refractivity contribution is 9.10.